The number of hydrogen-bond acceptors (Lipinski definition) is 15. The fourth-order valence-corrected chi connectivity index (χ4v) is 12.3. The fourth-order valence-electron chi connectivity index (χ4n) is 10.7. The van der Waals surface area contributed by atoms with E-state index in [2.05, 4.69) is 149 Å². The van der Waals surface area contributed by atoms with Gasteiger partial charge in [0.1, 0.15) is 19.3 Å². The van der Waals surface area contributed by atoms with Crippen LogP contribution in [0.1, 0.15) is 336 Å². The van der Waals surface area contributed by atoms with Gasteiger partial charge in [0.15, 0.2) is 12.2 Å². The molecule has 0 heterocycles. The predicted octanol–water partition coefficient (Wildman–Crippen LogP) is 23.9. The Kier molecular flexibility index (Phi) is 73.3. The molecule has 0 fully saturated rings. The van der Waals surface area contributed by atoms with Crippen LogP contribution < -0.4 is 0 Å². The molecule has 0 bridgehead atoms. The SMILES string of the molecule is CC/C=C\C/C=C\C/C=C\CCCCCCCCCC(=O)OCC(COP(=O)(O)OCC(O)COP(=O)(O)OCC(COC(=O)CCCCCCC/C=C\C/C=C\CCCCC)OC(=O)CCCCCCC/C=C\C/C=C\CCCCC)OC(=O)CCCCCCCCC/C=C\C/C=C\C/C=C\CC. The Morgan fingerprint density at radius 2 is 0.500 bits per heavy atom. The zero-order valence-corrected chi connectivity index (χ0v) is 67.2. The van der Waals surface area contributed by atoms with Crippen molar-refractivity contribution >= 4 is 39.5 Å². The van der Waals surface area contributed by atoms with Gasteiger partial charge in [0.25, 0.3) is 0 Å². The average Bonchev–Trinajstić information content (AvgIpc) is 0.926. The summed E-state index contributed by atoms with van der Waals surface area (Å²) in [6.45, 7) is 4.58. The summed E-state index contributed by atoms with van der Waals surface area (Å²) in [4.78, 5) is 73.1. The fraction of sp³-hybridized carbons (Fsp3) is 0.718. The van der Waals surface area contributed by atoms with Crippen LogP contribution in [0.3, 0.4) is 0 Å². The Morgan fingerprint density at radius 3 is 0.769 bits per heavy atom. The quantitative estimate of drug-likeness (QED) is 0.0169. The number of aliphatic hydroxyl groups is 1. The van der Waals surface area contributed by atoms with E-state index in [4.69, 9.17) is 37.0 Å². The molecule has 0 saturated carbocycles. The number of unbranched alkanes of at least 4 members (excludes halogenated alkanes) is 30. The summed E-state index contributed by atoms with van der Waals surface area (Å²) in [5.74, 6) is -2.22. The molecule has 17 nitrogen and oxygen atoms in total. The third kappa shape index (κ3) is 75.7. The number of esters is 4. The zero-order valence-electron chi connectivity index (χ0n) is 65.4. The van der Waals surface area contributed by atoms with Gasteiger partial charge < -0.3 is 33.8 Å². The van der Waals surface area contributed by atoms with Gasteiger partial charge in [-0.25, -0.2) is 9.13 Å². The van der Waals surface area contributed by atoms with Gasteiger partial charge in [0, 0.05) is 25.7 Å². The first-order valence-corrected chi connectivity index (χ1v) is 43.8. The third-order valence-electron chi connectivity index (χ3n) is 16.9. The Bertz CT molecular complexity index is 2440. The van der Waals surface area contributed by atoms with E-state index in [-0.39, 0.29) is 25.7 Å². The van der Waals surface area contributed by atoms with Crippen molar-refractivity contribution in [2.45, 2.75) is 354 Å². The molecule has 104 heavy (non-hydrogen) atoms. The van der Waals surface area contributed by atoms with Crippen molar-refractivity contribution in [3.63, 3.8) is 0 Å². The zero-order chi connectivity index (χ0) is 76.0. The lowest BCUT2D eigenvalue weighted by Crippen LogP contribution is -2.30. The Balaban J connectivity index is 5.40. The highest BCUT2D eigenvalue weighted by Gasteiger charge is 2.30. The number of carbonyl (C=O) groups excluding carboxylic acids is 4. The van der Waals surface area contributed by atoms with Gasteiger partial charge in [-0.3, -0.25) is 37.3 Å². The lowest BCUT2D eigenvalue weighted by atomic mass is 10.1. The molecule has 0 rings (SSSR count). The smallest absolute Gasteiger partial charge is 0.462 e. The monoisotopic (exact) mass is 1500 g/mol. The molecule has 0 spiro atoms. The molecule has 0 aliphatic heterocycles. The van der Waals surface area contributed by atoms with Crippen molar-refractivity contribution < 1.29 is 80.2 Å². The molecule has 5 unspecified atom stereocenters. The second kappa shape index (κ2) is 76.6. The van der Waals surface area contributed by atoms with Crippen LogP contribution in [0.2, 0.25) is 0 Å². The minimum atomic E-state index is -4.99. The summed E-state index contributed by atoms with van der Waals surface area (Å²) in [6, 6.07) is 0. The number of allylic oxidation sites excluding steroid dienone is 20. The van der Waals surface area contributed by atoms with Gasteiger partial charge in [-0.15, -0.1) is 0 Å². The molecular formula is C85H146O17P2. The van der Waals surface area contributed by atoms with Crippen molar-refractivity contribution in [1.82, 2.24) is 0 Å². The molecular weight excluding hydrogens is 1350 g/mol. The molecule has 0 saturated heterocycles. The number of carbonyl (C=O) groups is 4. The van der Waals surface area contributed by atoms with Crippen LogP contribution in [0.15, 0.2) is 122 Å². The molecule has 0 radical (unpaired) electrons. The highest BCUT2D eigenvalue weighted by molar-refractivity contribution is 7.47. The summed E-state index contributed by atoms with van der Waals surface area (Å²) in [5, 5.41) is 10.7. The molecule has 19 heteroatoms. The molecule has 3 N–H and O–H groups in total. The maximum Gasteiger partial charge on any atom is 0.472 e. The largest absolute Gasteiger partial charge is 0.472 e. The van der Waals surface area contributed by atoms with Gasteiger partial charge in [-0.2, -0.15) is 0 Å². The highest BCUT2D eigenvalue weighted by Crippen LogP contribution is 2.45. The molecule has 0 aromatic rings. The van der Waals surface area contributed by atoms with Crippen molar-refractivity contribution in [3.8, 4) is 0 Å². The van der Waals surface area contributed by atoms with Crippen LogP contribution in [-0.4, -0.2) is 96.7 Å². The number of rotatable bonds is 76. The lowest BCUT2D eigenvalue weighted by molar-refractivity contribution is -0.161. The summed E-state index contributed by atoms with van der Waals surface area (Å²) < 4.78 is 68.7. The number of phosphoric acid groups is 2. The summed E-state index contributed by atoms with van der Waals surface area (Å²) >= 11 is 0. The second-order valence-corrected chi connectivity index (χ2v) is 29.8. The first-order valence-electron chi connectivity index (χ1n) is 40.8. The van der Waals surface area contributed by atoms with E-state index in [0.29, 0.717) is 25.7 Å². The van der Waals surface area contributed by atoms with E-state index < -0.39 is 97.5 Å². The van der Waals surface area contributed by atoms with Crippen LogP contribution in [-0.2, 0) is 65.4 Å². The standard InChI is InChI=1S/C85H146O17P2/c1-5-9-13-17-21-25-29-33-37-39-43-46-50-54-58-62-66-70-83(88)96-76-81(102-85(90)72-68-64-60-56-52-48-44-40-38-34-30-26-22-18-14-10-6-2)78-100-104(93,94)98-74-79(86)73-97-103(91,92)99-77-80(101-84(89)71-67-63-59-55-51-47-42-36-32-28-24-20-16-12-8-4)75-95-82(87)69-65-61-57-53-49-45-41-35-31-27-23-19-15-11-7-3/h9-10,13-14,21-28,33-38,41-42,79-81,86H,5-8,11-12,15-20,29-32,39-40,43-78H2,1-4H3,(H,91,92)(H,93,94)/b13-9-,14-10-,25-21-,26-22-,27-23-,28-24-,37-33-,38-34-,41-35-,42-36-. The van der Waals surface area contributed by atoms with Gasteiger partial charge in [-0.05, 0) is 154 Å². The number of phosphoric ester groups is 2. The molecule has 0 aromatic carbocycles. The normalized spacial score (nSPS) is 14.5. The maximum absolute atomic E-state index is 13.1. The van der Waals surface area contributed by atoms with Gasteiger partial charge in [0.2, 0.25) is 0 Å². The van der Waals surface area contributed by atoms with Gasteiger partial charge in [-0.1, -0.05) is 278 Å². The predicted molar refractivity (Wildman–Crippen MR) is 427 cm³/mol. The maximum atomic E-state index is 13.1. The summed E-state index contributed by atoms with van der Waals surface area (Å²) in [6.07, 6.45) is 84.5. The van der Waals surface area contributed by atoms with E-state index in [1.807, 2.05) is 0 Å². The van der Waals surface area contributed by atoms with Crippen molar-refractivity contribution in [2.75, 3.05) is 39.6 Å². The van der Waals surface area contributed by atoms with Crippen molar-refractivity contribution in [1.29, 1.82) is 0 Å². The van der Waals surface area contributed by atoms with Crippen LogP contribution in [0.5, 0.6) is 0 Å². The Labute approximate surface area is 632 Å². The molecule has 0 amide bonds. The topological polar surface area (TPSA) is 237 Å². The van der Waals surface area contributed by atoms with E-state index in [9.17, 15) is 43.2 Å². The number of aliphatic hydroxyl groups excluding tert-OH is 1. The Hall–Kier alpha value is -4.54. The molecule has 598 valence electrons. The van der Waals surface area contributed by atoms with Crippen molar-refractivity contribution in [2.24, 2.45) is 0 Å². The van der Waals surface area contributed by atoms with E-state index in [1.54, 1.807) is 0 Å². The van der Waals surface area contributed by atoms with Crippen LogP contribution in [0.4, 0.5) is 0 Å². The highest BCUT2D eigenvalue weighted by atomic mass is 31.2. The van der Waals surface area contributed by atoms with Gasteiger partial charge >= 0.3 is 39.5 Å². The molecule has 0 aliphatic carbocycles. The summed E-state index contributed by atoms with van der Waals surface area (Å²) in [7, 11) is -9.97. The third-order valence-corrected chi connectivity index (χ3v) is 18.8. The molecule has 5 atom stereocenters. The number of hydrogen-bond donors (Lipinski definition) is 3. The minimum Gasteiger partial charge on any atom is -0.462 e. The number of ether oxygens (including phenoxy) is 4. The van der Waals surface area contributed by atoms with Gasteiger partial charge in [0.05, 0.1) is 26.4 Å². The lowest BCUT2D eigenvalue weighted by Gasteiger charge is -2.21. The Morgan fingerprint density at radius 1 is 0.279 bits per heavy atom. The van der Waals surface area contributed by atoms with E-state index >= 15 is 0 Å². The van der Waals surface area contributed by atoms with Crippen LogP contribution >= 0.6 is 15.6 Å². The van der Waals surface area contributed by atoms with Crippen LogP contribution in [0.25, 0.3) is 0 Å². The van der Waals surface area contributed by atoms with Crippen LogP contribution in [0, 0.1) is 0 Å². The summed E-state index contributed by atoms with van der Waals surface area (Å²) in [5.41, 5.74) is 0. The minimum absolute atomic E-state index is 0.0747. The van der Waals surface area contributed by atoms with Crippen molar-refractivity contribution in [3.05, 3.63) is 122 Å². The first kappa shape index (κ1) is 99.5. The first-order chi connectivity index (χ1) is 50.7. The average molecular weight is 1500 g/mol. The van der Waals surface area contributed by atoms with E-state index in [1.165, 1.54) is 38.5 Å². The molecule has 0 aliphatic rings. The van der Waals surface area contributed by atoms with E-state index in [0.717, 1.165) is 218 Å². The second-order valence-electron chi connectivity index (χ2n) is 26.9. The molecule has 0 aromatic heterocycles.